The molecule has 0 fully saturated rings. The quantitative estimate of drug-likeness (QED) is 0.565. The van der Waals surface area contributed by atoms with Crippen molar-refractivity contribution in [2.75, 3.05) is 26.8 Å². The van der Waals surface area contributed by atoms with Crippen molar-refractivity contribution in [1.29, 1.82) is 0 Å². The van der Waals surface area contributed by atoms with Gasteiger partial charge in [-0.05, 0) is 12.5 Å². The molecule has 0 aliphatic heterocycles. The van der Waals surface area contributed by atoms with Crippen molar-refractivity contribution in [3.63, 3.8) is 0 Å². The average Bonchev–Trinajstić information content (AvgIpc) is 2.46. The van der Waals surface area contributed by atoms with Crippen LogP contribution < -0.4 is 4.74 Å². The van der Waals surface area contributed by atoms with E-state index in [2.05, 4.69) is 0 Å². The Bertz CT molecular complexity index is 596. The second-order valence-corrected chi connectivity index (χ2v) is 6.13. The fraction of sp³-hybridized carbons (Fsp3) is 0.500. The van der Waals surface area contributed by atoms with Gasteiger partial charge in [0.05, 0.1) is 24.7 Å². The van der Waals surface area contributed by atoms with Crippen LogP contribution in [0.3, 0.4) is 0 Å². The molecule has 0 heterocycles. The van der Waals surface area contributed by atoms with Crippen molar-refractivity contribution in [3.8, 4) is 5.75 Å². The highest BCUT2D eigenvalue weighted by atomic mass is 32.2. The molecule has 0 aliphatic carbocycles. The predicted molar refractivity (Wildman–Crippen MR) is 75.8 cm³/mol. The minimum absolute atomic E-state index is 0.0453. The molecule has 0 saturated heterocycles. The summed E-state index contributed by atoms with van der Waals surface area (Å²) in [4.78, 5) is 9.94. The molecule has 0 aromatic heterocycles. The summed E-state index contributed by atoms with van der Waals surface area (Å²) in [6, 6.07) is 3.32. The van der Waals surface area contributed by atoms with E-state index in [0.29, 0.717) is 6.42 Å². The third-order valence-electron chi connectivity index (χ3n) is 2.80. The van der Waals surface area contributed by atoms with Gasteiger partial charge >= 0.3 is 0 Å². The molecule has 0 radical (unpaired) electrons. The van der Waals surface area contributed by atoms with Crippen molar-refractivity contribution in [3.05, 3.63) is 28.3 Å². The molecular weight excluding hydrogens is 300 g/mol. The summed E-state index contributed by atoms with van der Waals surface area (Å²) in [5, 5.41) is 19.7. The number of benzene rings is 1. The molecule has 0 saturated carbocycles. The van der Waals surface area contributed by atoms with Crippen molar-refractivity contribution >= 4 is 15.7 Å². The van der Waals surface area contributed by atoms with E-state index in [0.717, 1.165) is 22.5 Å². The number of sulfonamides is 1. The van der Waals surface area contributed by atoms with Gasteiger partial charge in [0, 0.05) is 19.2 Å². The number of hydrogen-bond donors (Lipinski definition) is 1. The first kappa shape index (κ1) is 17.3. The summed E-state index contributed by atoms with van der Waals surface area (Å²) < 4.78 is 31.2. The van der Waals surface area contributed by atoms with Gasteiger partial charge in [0.2, 0.25) is 10.0 Å². The Morgan fingerprint density at radius 2 is 2.05 bits per heavy atom. The minimum atomic E-state index is -3.88. The normalized spacial score (nSPS) is 11.6. The highest BCUT2D eigenvalue weighted by molar-refractivity contribution is 7.89. The largest absolute Gasteiger partial charge is 0.495 e. The lowest BCUT2D eigenvalue weighted by molar-refractivity contribution is -0.385. The maximum Gasteiger partial charge on any atom is 0.273 e. The van der Waals surface area contributed by atoms with Gasteiger partial charge in [-0.2, -0.15) is 4.31 Å². The third-order valence-corrected chi connectivity index (χ3v) is 4.74. The number of non-ortho nitro benzene ring substituents is 1. The molecule has 1 aromatic carbocycles. The number of aliphatic hydroxyl groups excluding tert-OH is 1. The van der Waals surface area contributed by atoms with Crippen LogP contribution in [0.5, 0.6) is 5.75 Å². The third kappa shape index (κ3) is 3.90. The predicted octanol–water partition coefficient (Wildman–Crippen LogP) is 0.996. The Balaban J connectivity index is 3.32. The zero-order chi connectivity index (χ0) is 16.0. The number of methoxy groups -OCH3 is 1. The fourth-order valence-electron chi connectivity index (χ4n) is 1.84. The first-order valence-electron chi connectivity index (χ1n) is 6.31. The van der Waals surface area contributed by atoms with E-state index < -0.39 is 14.9 Å². The lowest BCUT2D eigenvalue weighted by atomic mass is 10.3. The van der Waals surface area contributed by atoms with Gasteiger partial charge in [0.25, 0.3) is 5.69 Å². The average molecular weight is 318 g/mol. The summed E-state index contributed by atoms with van der Waals surface area (Å²) >= 11 is 0. The molecular formula is C12H18N2O6S. The van der Waals surface area contributed by atoms with Crippen molar-refractivity contribution in [1.82, 2.24) is 4.31 Å². The Hall–Kier alpha value is -1.71. The van der Waals surface area contributed by atoms with E-state index in [9.17, 15) is 18.5 Å². The Labute approximate surface area is 123 Å². The monoisotopic (exact) mass is 318 g/mol. The van der Waals surface area contributed by atoms with Gasteiger partial charge in [0.15, 0.2) is 0 Å². The molecule has 0 unspecified atom stereocenters. The lowest BCUT2D eigenvalue weighted by Gasteiger charge is -2.21. The molecule has 0 atom stereocenters. The number of nitro benzene ring substituents is 1. The second-order valence-electron chi connectivity index (χ2n) is 4.22. The van der Waals surface area contributed by atoms with Crippen molar-refractivity contribution < 1.29 is 23.2 Å². The first-order valence-corrected chi connectivity index (χ1v) is 7.76. The smallest absolute Gasteiger partial charge is 0.273 e. The number of aliphatic hydroxyl groups is 1. The summed E-state index contributed by atoms with van der Waals surface area (Å²) in [5.74, 6) is -0.0942. The molecule has 0 spiro atoms. The molecule has 118 valence electrons. The molecule has 0 amide bonds. The molecule has 1 N–H and O–H groups in total. The number of rotatable bonds is 8. The molecule has 9 heteroatoms. The molecule has 1 rings (SSSR count). The van der Waals surface area contributed by atoms with Crippen LogP contribution in [0.25, 0.3) is 0 Å². The Kier molecular flexibility index (Phi) is 6.06. The number of nitrogens with zero attached hydrogens (tertiary/aromatic N) is 2. The molecule has 0 bridgehead atoms. The van der Waals surface area contributed by atoms with Gasteiger partial charge in [-0.3, -0.25) is 10.1 Å². The van der Waals surface area contributed by atoms with E-state index in [-0.39, 0.29) is 36.0 Å². The van der Waals surface area contributed by atoms with Crippen LogP contribution in [-0.4, -0.2) is 49.6 Å². The van der Waals surface area contributed by atoms with E-state index in [1.54, 1.807) is 0 Å². The van der Waals surface area contributed by atoms with Gasteiger partial charge in [-0.1, -0.05) is 6.92 Å². The molecule has 0 aliphatic rings. The summed E-state index contributed by atoms with van der Waals surface area (Å²) in [5.41, 5.74) is -0.255. The molecule has 21 heavy (non-hydrogen) atoms. The molecule has 1 aromatic rings. The van der Waals surface area contributed by atoms with Crippen LogP contribution in [-0.2, 0) is 10.0 Å². The van der Waals surface area contributed by atoms with E-state index >= 15 is 0 Å². The Morgan fingerprint density at radius 3 is 2.52 bits per heavy atom. The zero-order valence-electron chi connectivity index (χ0n) is 11.9. The van der Waals surface area contributed by atoms with Gasteiger partial charge in [0.1, 0.15) is 10.6 Å². The van der Waals surface area contributed by atoms with Crippen LogP contribution in [0.15, 0.2) is 23.1 Å². The fourth-order valence-corrected chi connectivity index (χ4v) is 3.49. The van der Waals surface area contributed by atoms with E-state index in [1.165, 1.54) is 7.11 Å². The lowest BCUT2D eigenvalue weighted by Crippen LogP contribution is -2.34. The van der Waals surface area contributed by atoms with Crippen LogP contribution in [0.2, 0.25) is 0 Å². The van der Waals surface area contributed by atoms with Gasteiger partial charge in [-0.25, -0.2) is 8.42 Å². The topological polar surface area (TPSA) is 110 Å². The highest BCUT2D eigenvalue weighted by Gasteiger charge is 2.28. The van der Waals surface area contributed by atoms with Crippen LogP contribution in [0.4, 0.5) is 5.69 Å². The summed E-state index contributed by atoms with van der Waals surface area (Å²) in [6.45, 7) is 1.70. The Morgan fingerprint density at radius 1 is 1.38 bits per heavy atom. The maximum absolute atomic E-state index is 12.5. The standard InChI is InChI=1S/C12H18N2O6S/c1-3-6-13(7-8-15)21(18,19)12-5-4-10(14(16)17)9-11(12)20-2/h4-5,9,15H,3,6-8H2,1-2H3. The SMILES string of the molecule is CCCN(CCO)S(=O)(=O)c1ccc([N+](=O)[O-])cc1OC. The highest BCUT2D eigenvalue weighted by Crippen LogP contribution is 2.30. The van der Waals surface area contributed by atoms with E-state index in [1.807, 2.05) is 6.92 Å². The number of ether oxygens (including phenoxy) is 1. The van der Waals surface area contributed by atoms with Gasteiger partial charge in [-0.15, -0.1) is 0 Å². The van der Waals surface area contributed by atoms with Crippen LogP contribution in [0, 0.1) is 10.1 Å². The van der Waals surface area contributed by atoms with Crippen LogP contribution in [0.1, 0.15) is 13.3 Å². The van der Waals surface area contributed by atoms with E-state index in [4.69, 9.17) is 9.84 Å². The maximum atomic E-state index is 12.5. The number of hydrogen-bond acceptors (Lipinski definition) is 6. The first-order chi connectivity index (χ1) is 9.88. The van der Waals surface area contributed by atoms with Crippen molar-refractivity contribution in [2.45, 2.75) is 18.2 Å². The minimum Gasteiger partial charge on any atom is -0.495 e. The zero-order valence-corrected chi connectivity index (χ0v) is 12.7. The second kappa shape index (κ2) is 7.34. The van der Waals surface area contributed by atoms with Crippen LogP contribution >= 0.6 is 0 Å². The number of nitro groups is 1. The summed E-state index contributed by atoms with van der Waals surface area (Å²) in [7, 11) is -2.64. The molecule has 8 nitrogen and oxygen atoms in total. The van der Waals surface area contributed by atoms with Crippen molar-refractivity contribution in [2.24, 2.45) is 0 Å². The summed E-state index contributed by atoms with van der Waals surface area (Å²) in [6.07, 6.45) is 0.578. The van der Waals surface area contributed by atoms with Gasteiger partial charge < -0.3 is 9.84 Å².